The molecule has 1 aliphatic heterocycles. The molecule has 1 aromatic rings. The lowest BCUT2D eigenvalue weighted by Gasteiger charge is -2.35. The van der Waals surface area contributed by atoms with Gasteiger partial charge in [0.25, 0.3) is 0 Å². The van der Waals surface area contributed by atoms with Crippen molar-refractivity contribution >= 4 is 17.6 Å². The summed E-state index contributed by atoms with van der Waals surface area (Å²) in [6.45, 7) is 10.1. The number of anilines is 1. The molecule has 0 spiro atoms. The number of nitrogens with zero attached hydrogens (tertiary/aromatic N) is 4. The van der Waals surface area contributed by atoms with Crippen LogP contribution in [0.1, 0.15) is 30.7 Å². The van der Waals surface area contributed by atoms with Crippen LogP contribution in [-0.4, -0.2) is 33.8 Å². The van der Waals surface area contributed by atoms with Crippen molar-refractivity contribution in [2.45, 2.75) is 38.2 Å². The molecule has 2 atom stereocenters. The van der Waals surface area contributed by atoms with Gasteiger partial charge < -0.3 is 4.90 Å². The standard InChI is InChI=1S/C13H18N4S/c1-8-6-17(7-9(2)18-8)13-12(5-14)10(3)11(4)15-16-13/h8-9H,6-7H2,1-4H3. The summed E-state index contributed by atoms with van der Waals surface area (Å²) in [5, 5.41) is 18.9. The van der Waals surface area contributed by atoms with E-state index in [1.807, 2.05) is 25.6 Å². The number of hydrogen-bond acceptors (Lipinski definition) is 5. The number of aromatic nitrogens is 2. The van der Waals surface area contributed by atoms with Gasteiger partial charge in [0.2, 0.25) is 0 Å². The summed E-state index contributed by atoms with van der Waals surface area (Å²) < 4.78 is 0. The average molecular weight is 262 g/mol. The van der Waals surface area contributed by atoms with Crippen LogP contribution in [0.2, 0.25) is 0 Å². The molecule has 2 unspecified atom stereocenters. The minimum atomic E-state index is 0.559. The quantitative estimate of drug-likeness (QED) is 0.777. The van der Waals surface area contributed by atoms with Crippen LogP contribution >= 0.6 is 11.8 Å². The van der Waals surface area contributed by atoms with Gasteiger partial charge >= 0.3 is 0 Å². The van der Waals surface area contributed by atoms with Crippen molar-refractivity contribution in [2.24, 2.45) is 0 Å². The van der Waals surface area contributed by atoms with Crippen LogP contribution in [-0.2, 0) is 0 Å². The molecule has 2 rings (SSSR count). The third-order valence-electron chi connectivity index (χ3n) is 3.27. The average Bonchev–Trinajstić information content (AvgIpc) is 2.31. The molecular weight excluding hydrogens is 244 g/mol. The molecule has 0 saturated carbocycles. The van der Waals surface area contributed by atoms with Gasteiger partial charge in [-0.15, -0.1) is 5.10 Å². The molecule has 0 bridgehead atoms. The lowest BCUT2D eigenvalue weighted by atomic mass is 10.1. The van der Waals surface area contributed by atoms with Crippen LogP contribution in [0.5, 0.6) is 0 Å². The molecule has 0 N–H and O–H groups in total. The minimum Gasteiger partial charge on any atom is -0.352 e. The summed E-state index contributed by atoms with van der Waals surface area (Å²) in [6.07, 6.45) is 0. The molecule has 2 heterocycles. The summed E-state index contributed by atoms with van der Waals surface area (Å²) in [6, 6.07) is 2.28. The molecule has 1 aliphatic rings. The fraction of sp³-hybridized carbons (Fsp3) is 0.615. The topological polar surface area (TPSA) is 52.8 Å². The van der Waals surface area contributed by atoms with Crippen LogP contribution in [0.4, 0.5) is 5.82 Å². The molecular formula is C13H18N4S. The second-order valence-electron chi connectivity index (χ2n) is 4.88. The van der Waals surface area contributed by atoms with Gasteiger partial charge in [-0.05, 0) is 19.4 Å². The zero-order valence-electron chi connectivity index (χ0n) is 11.3. The van der Waals surface area contributed by atoms with E-state index in [4.69, 9.17) is 0 Å². The maximum absolute atomic E-state index is 9.34. The van der Waals surface area contributed by atoms with E-state index >= 15 is 0 Å². The highest BCUT2D eigenvalue weighted by Crippen LogP contribution is 2.30. The lowest BCUT2D eigenvalue weighted by Crippen LogP contribution is -2.41. The lowest BCUT2D eigenvalue weighted by molar-refractivity contribution is 0.707. The molecule has 1 saturated heterocycles. The van der Waals surface area contributed by atoms with Crippen molar-refractivity contribution in [3.8, 4) is 6.07 Å². The number of thioether (sulfide) groups is 1. The highest BCUT2D eigenvalue weighted by Gasteiger charge is 2.26. The first-order chi connectivity index (χ1) is 8.52. The zero-order chi connectivity index (χ0) is 13.3. The van der Waals surface area contributed by atoms with Gasteiger partial charge in [-0.3, -0.25) is 0 Å². The third kappa shape index (κ3) is 2.44. The zero-order valence-corrected chi connectivity index (χ0v) is 12.1. The van der Waals surface area contributed by atoms with Crippen molar-refractivity contribution in [1.82, 2.24) is 10.2 Å². The van der Waals surface area contributed by atoms with Gasteiger partial charge in [-0.1, -0.05) is 13.8 Å². The predicted molar refractivity (Wildman–Crippen MR) is 74.9 cm³/mol. The molecule has 4 nitrogen and oxygen atoms in total. The first-order valence-corrected chi connectivity index (χ1v) is 7.11. The SMILES string of the molecule is Cc1nnc(N2CC(C)SC(C)C2)c(C#N)c1C. The molecule has 96 valence electrons. The number of aryl methyl sites for hydroxylation is 1. The Kier molecular flexibility index (Phi) is 3.76. The molecule has 0 amide bonds. The van der Waals surface area contributed by atoms with E-state index in [0.717, 1.165) is 30.2 Å². The highest BCUT2D eigenvalue weighted by molar-refractivity contribution is 8.00. The Morgan fingerprint density at radius 1 is 1.22 bits per heavy atom. The van der Waals surface area contributed by atoms with Crippen molar-refractivity contribution < 1.29 is 0 Å². The van der Waals surface area contributed by atoms with Crippen molar-refractivity contribution in [1.29, 1.82) is 5.26 Å². The Balaban J connectivity index is 2.39. The van der Waals surface area contributed by atoms with Gasteiger partial charge in [0.1, 0.15) is 11.6 Å². The van der Waals surface area contributed by atoms with E-state index in [1.54, 1.807) is 0 Å². The molecule has 0 radical (unpaired) electrons. The summed E-state index contributed by atoms with van der Waals surface area (Å²) in [7, 11) is 0. The number of hydrogen-bond donors (Lipinski definition) is 0. The van der Waals surface area contributed by atoms with Crippen molar-refractivity contribution in [3.63, 3.8) is 0 Å². The third-order valence-corrected chi connectivity index (χ3v) is 4.49. The molecule has 0 aromatic carbocycles. The molecule has 5 heteroatoms. The fourth-order valence-electron chi connectivity index (χ4n) is 2.30. The second kappa shape index (κ2) is 5.15. The van der Waals surface area contributed by atoms with Gasteiger partial charge in [0.05, 0.1) is 5.69 Å². The Labute approximate surface area is 112 Å². The first kappa shape index (κ1) is 13.2. The molecule has 18 heavy (non-hydrogen) atoms. The van der Waals surface area contributed by atoms with Crippen molar-refractivity contribution in [2.75, 3.05) is 18.0 Å². The number of rotatable bonds is 1. The molecule has 0 aliphatic carbocycles. The largest absolute Gasteiger partial charge is 0.352 e. The smallest absolute Gasteiger partial charge is 0.169 e. The highest BCUT2D eigenvalue weighted by atomic mass is 32.2. The Morgan fingerprint density at radius 2 is 1.83 bits per heavy atom. The maximum Gasteiger partial charge on any atom is 0.169 e. The fourth-order valence-corrected chi connectivity index (χ4v) is 3.63. The van der Waals surface area contributed by atoms with Gasteiger partial charge in [-0.2, -0.15) is 22.1 Å². The van der Waals surface area contributed by atoms with E-state index in [0.29, 0.717) is 16.1 Å². The maximum atomic E-state index is 9.34. The summed E-state index contributed by atoms with van der Waals surface area (Å²) in [4.78, 5) is 2.20. The van der Waals surface area contributed by atoms with E-state index in [9.17, 15) is 5.26 Å². The Hall–Kier alpha value is -1.28. The monoisotopic (exact) mass is 262 g/mol. The van der Waals surface area contributed by atoms with E-state index < -0.39 is 0 Å². The van der Waals surface area contributed by atoms with E-state index in [1.165, 1.54) is 0 Å². The summed E-state index contributed by atoms with van der Waals surface area (Å²) in [5.74, 6) is 0.750. The normalized spacial score (nSPS) is 23.8. The van der Waals surface area contributed by atoms with Gasteiger partial charge in [-0.25, -0.2) is 0 Å². The Morgan fingerprint density at radius 3 is 2.39 bits per heavy atom. The Bertz CT molecular complexity index is 484. The number of nitriles is 1. The predicted octanol–water partition coefficient (Wildman–Crippen LogP) is 2.30. The van der Waals surface area contributed by atoms with Crippen LogP contribution in [0.3, 0.4) is 0 Å². The summed E-state index contributed by atoms with van der Waals surface area (Å²) >= 11 is 1.99. The first-order valence-electron chi connectivity index (χ1n) is 6.17. The van der Waals surface area contributed by atoms with Gasteiger partial charge in [0, 0.05) is 23.6 Å². The van der Waals surface area contributed by atoms with Crippen molar-refractivity contribution in [3.05, 3.63) is 16.8 Å². The van der Waals surface area contributed by atoms with Crippen LogP contribution in [0, 0.1) is 25.2 Å². The van der Waals surface area contributed by atoms with E-state index in [-0.39, 0.29) is 0 Å². The molecule has 1 fully saturated rings. The van der Waals surface area contributed by atoms with Gasteiger partial charge in [0.15, 0.2) is 5.82 Å². The van der Waals surface area contributed by atoms with Crippen LogP contribution in [0.15, 0.2) is 0 Å². The molecule has 1 aromatic heterocycles. The second-order valence-corrected chi connectivity index (χ2v) is 6.76. The van der Waals surface area contributed by atoms with Crippen LogP contribution in [0.25, 0.3) is 0 Å². The van der Waals surface area contributed by atoms with Crippen LogP contribution < -0.4 is 4.90 Å². The minimum absolute atomic E-state index is 0.559. The summed E-state index contributed by atoms with van der Waals surface area (Å²) in [5.41, 5.74) is 2.46. The van der Waals surface area contributed by atoms with E-state index in [2.05, 4.69) is 35.0 Å².